The van der Waals surface area contributed by atoms with Crippen molar-refractivity contribution in [3.63, 3.8) is 0 Å². The quantitative estimate of drug-likeness (QED) is 0.726. The zero-order chi connectivity index (χ0) is 19.8. The molecular weight excluding hydrogens is 344 g/mol. The third-order valence-electron chi connectivity index (χ3n) is 3.78. The molecule has 142 valence electrons. The van der Waals surface area contributed by atoms with E-state index in [9.17, 15) is 9.59 Å². The van der Waals surface area contributed by atoms with Crippen molar-refractivity contribution in [1.82, 2.24) is 0 Å². The summed E-state index contributed by atoms with van der Waals surface area (Å²) in [4.78, 5) is 23.8. The number of carbonyl (C=O) groups excluding carboxylic acids is 2. The van der Waals surface area contributed by atoms with Crippen molar-refractivity contribution in [3.8, 4) is 11.5 Å². The molecule has 0 aliphatic heterocycles. The Balaban J connectivity index is 1.97. The molecular formula is C21H24N2O4. The molecule has 0 aliphatic carbocycles. The van der Waals surface area contributed by atoms with E-state index in [1.165, 1.54) is 6.08 Å². The van der Waals surface area contributed by atoms with Crippen LogP contribution in [0.25, 0.3) is 6.08 Å². The molecule has 0 radical (unpaired) electrons. The van der Waals surface area contributed by atoms with E-state index in [2.05, 4.69) is 10.6 Å². The molecule has 2 N–H and O–H groups in total. The number of amides is 2. The molecule has 0 saturated heterocycles. The van der Waals surface area contributed by atoms with Crippen molar-refractivity contribution in [1.29, 1.82) is 0 Å². The van der Waals surface area contributed by atoms with Crippen LogP contribution in [-0.2, 0) is 9.59 Å². The maximum Gasteiger partial charge on any atom is 0.248 e. The van der Waals surface area contributed by atoms with Gasteiger partial charge in [-0.2, -0.15) is 0 Å². The van der Waals surface area contributed by atoms with E-state index in [1.807, 2.05) is 19.9 Å². The minimum atomic E-state index is -0.260. The van der Waals surface area contributed by atoms with Gasteiger partial charge in [-0.1, -0.05) is 19.9 Å². The highest BCUT2D eigenvalue weighted by Crippen LogP contribution is 2.28. The molecule has 27 heavy (non-hydrogen) atoms. The minimum Gasteiger partial charge on any atom is -0.493 e. The first-order valence-electron chi connectivity index (χ1n) is 8.55. The summed E-state index contributed by atoms with van der Waals surface area (Å²) in [6.45, 7) is 3.66. The Morgan fingerprint density at radius 3 is 2.04 bits per heavy atom. The number of carbonyl (C=O) groups is 2. The lowest BCUT2D eigenvalue weighted by molar-refractivity contribution is -0.119. The molecule has 0 spiro atoms. The highest BCUT2D eigenvalue weighted by atomic mass is 16.5. The molecule has 0 saturated carbocycles. The molecule has 0 fully saturated rings. The molecule has 0 aromatic heterocycles. The van der Waals surface area contributed by atoms with Gasteiger partial charge in [-0.15, -0.1) is 0 Å². The summed E-state index contributed by atoms with van der Waals surface area (Å²) in [5, 5.41) is 5.57. The lowest BCUT2D eigenvalue weighted by atomic mass is 10.2. The van der Waals surface area contributed by atoms with Gasteiger partial charge in [0.2, 0.25) is 11.8 Å². The van der Waals surface area contributed by atoms with Gasteiger partial charge in [-0.25, -0.2) is 0 Å². The van der Waals surface area contributed by atoms with Gasteiger partial charge in [-0.05, 0) is 48.0 Å². The summed E-state index contributed by atoms with van der Waals surface area (Å²) < 4.78 is 10.4. The molecule has 2 aromatic carbocycles. The molecule has 2 aromatic rings. The van der Waals surface area contributed by atoms with Gasteiger partial charge in [0.15, 0.2) is 11.5 Å². The van der Waals surface area contributed by atoms with E-state index in [0.717, 1.165) is 5.56 Å². The summed E-state index contributed by atoms with van der Waals surface area (Å²) in [5.74, 6) is 0.822. The molecule has 2 amide bonds. The van der Waals surface area contributed by atoms with E-state index in [4.69, 9.17) is 9.47 Å². The minimum absolute atomic E-state index is 0.0513. The number of hydrogen-bond acceptors (Lipinski definition) is 4. The fourth-order valence-electron chi connectivity index (χ4n) is 2.24. The van der Waals surface area contributed by atoms with E-state index >= 15 is 0 Å². The number of methoxy groups -OCH3 is 2. The summed E-state index contributed by atoms with van der Waals surface area (Å²) in [6.07, 6.45) is 3.13. The molecule has 0 atom stereocenters. The SMILES string of the molecule is COc1ccc(/C=C/C(=O)Nc2ccc(NC(=O)C(C)C)cc2)cc1OC. The summed E-state index contributed by atoms with van der Waals surface area (Å²) in [6, 6.07) is 12.4. The highest BCUT2D eigenvalue weighted by Gasteiger charge is 2.07. The standard InChI is InChI=1S/C21H24N2O4/c1-14(2)21(25)23-17-9-7-16(8-10-17)22-20(24)12-6-15-5-11-18(26-3)19(13-15)27-4/h5-14H,1-4H3,(H,22,24)(H,23,25)/b12-6+. The molecule has 0 aliphatic rings. The maximum absolute atomic E-state index is 12.1. The third kappa shape index (κ3) is 5.88. The third-order valence-corrected chi connectivity index (χ3v) is 3.78. The van der Waals surface area contributed by atoms with Gasteiger partial charge < -0.3 is 20.1 Å². The van der Waals surface area contributed by atoms with Gasteiger partial charge in [0, 0.05) is 23.4 Å². The first-order chi connectivity index (χ1) is 12.9. The molecule has 0 heterocycles. The Hall–Kier alpha value is -3.28. The van der Waals surface area contributed by atoms with Crippen LogP contribution in [0.1, 0.15) is 19.4 Å². The number of rotatable bonds is 7. The predicted molar refractivity (Wildman–Crippen MR) is 107 cm³/mol. The Kier molecular flexibility index (Phi) is 7.00. The average Bonchev–Trinajstić information content (AvgIpc) is 2.67. The first-order valence-corrected chi connectivity index (χ1v) is 8.55. The van der Waals surface area contributed by atoms with Crippen molar-refractivity contribution < 1.29 is 19.1 Å². The summed E-state index contributed by atoms with van der Waals surface area (Å²) in [7, 11) is 3.13. The van der Waals surface area contributed by atoms with E-state index < -0.39 is 0 Å². The summed E-state index contributed by atoms with van der Waals surface area (Å²) >= 11 is 0. The largest absolute Gasteiger partial charge is 0.493 e. The lowest BCUT2D eigenvalue weighted by Crippen LogP contribution is -2.17. The number of ether oxygens (including phenoxy) is 2. The first kappa shape index (κ1) is 20.0. The Morgan fingerprint density at radius 1 is 0.889 bits per heavy atom. The molecule has 0 unspecified atom stereocenters. The number of nitrogens with one attached hydrogen (secondary N) is 2. The Morgan fingerprint density at radius 2 is 1.48 bits per heavy atom. The normalized spacial score (nSPS) is 10.7. The van der Waals surface area contributed by atoms with Crippen LogP contribution in [0.2, 0.25) is 0 Å². The van der Waals surface area contributed by atoms with Gasteiger partial charge in [0.25, 0.3) is 0 Å². The summed E-state index contributed by atoms with van der Waals surface area (Å²) in [5.41, 5.74) is 2.14. The van der Waals surface area contributed by atoms with Crippen LogP contribution >= 0.6 is 0 Å². The van der Waals surface area contributed by atoms with Crippen molar-refractivity contribution in [3.05, 3.63) is 54.1 Å². The highest BCUT2D eigenvalue weighted by molar-refractivity contribution is 6.02. The molecule has 2 rings (SSSR count). The average molecular weight is 368 g/mol. The van der Waals surface area contributed by atoms with Gasteiger partial charge in [0.05, 0.1) is 14.2 Å². The van der Waals surface area contributed by atoms with Crippen LogP contribution < -0.4 is 20.1 Å². The van der Waals surface area contributed by atoms with E-state index in [0.29, 0.717) is 22.9 Å². The van der Waals surface area contributed by atoms with E-state index in [-0.39, 0.29) is 17.7 Å². The monoisotopic (exact) mass is 368 g/mol. The van der Waals surface area contributed by atoms with Crippen LogP contribution in [0.4, 0.5) is 11.4 Å². The second kappa shape index (κ2) is 9.43. The fourth-order valence-corrected chi connectivity index (χ4v) is 2.24. The van der Waals surface area contributed by atoms with Crippen LogP contribution in [0.5, 0.6) is 11.5 Å². The van der Waals surface area contributed by atoms with Gasteiger partial charge in [0.1, 0.15) is 0 Å². The second-order valence-corrected chi connectivity index (χ2v) is 6.16. The van der Waals surface area contributed by atoms with Crippen LogP contribution in [0.3, 0.4) is 0 Å². The zero-order valence-electron chi connectivity index (χ0n) is 15.9. The molecule has 0 bridgehead atoms. The number of hydrogen-bond donors (Lipinski definition) is 2. The van der Waals surface area contributed by atoms with Crippen molar-refractivity contribution in [2.24, 2.45) is 5.92 Å². The van der Waals surface area contributed by atoms with Crippen LogP contribution in [0, 0.1) is 5.92 Å². The second-order valence-electron chi connectivity index (χ2n) is 6.16. The van der Waals surface area contributed by atoms with Crippen LogP contribution in [0.15, 0.2) is 48.5 Å². The predicted octanol–water partition coefficient (Wildman–Crippen LogP) is 3.95. The number of anilines is 2. The van der Waals surface area contributed by atoms with Gasteiger partial charge >= 0.3 is 0 Å². The smallest absolute Gasteiger partial charge is 0.248 e. The lowest BCUT2D eigenvalue weighted by Gasteiger charge is -2.09. The van der Waals surface area contributed by atoms with Crippen molar-refractivity contribution >= 4 is 29.3 Å². The van der Waals surface area contributed by atoms with Crippen molar-refractivity contribution in [2.75, 3.05) is 24.9 Å². The maximum atomic E-state index is 12.1. The number of benzene rings is 2. The Bertz CT molecular complexity index is 827. The van der Waals surface area contributed by atoms with Gasteiger partial charge in [-0.3, -0.25) is 9.59 Å². The molecule has 6 heteroatoms. The topological polar surface area (TPSA) is 76.7 Å². The van der Waals surface area contributed by atoms with E-state index in [1.54, 1.807) is 56.7 Å². The fraction of sp³-hybridized carbons (Fsp3) is 0.238. The van der Waals surface area contributed by atoms with Crippen LogP contribution in [-0.4, -0.2) is 26.0 Å². The molecule has 6 nitrogen and oxygen atoms in total. The van der Waals surface area contributed by atoms with Crippen molar-refractivity contribution in [2.45, 2.75) is 13.8 Å². The zero-order valence-corrected chi connectivity index (χ0v) is 15.9. The Labute approximate surface area is 159 Å².